The first-order chi connectivity index (χ1) is 19.5. The third kappa shape index (κ3) is 3.67. The van der Waals surface area contributed by atoms with E-state index in [4.69, 9.17) is 21.1 Å². The number of hydrogen-bond donors (Lipinski definition) is 0. The topological polar surface area (TPSA) is 72.9 Å². The van der Waals surface area contributed by atoms with Crippen molar-refractivity contribution in [1.29, 1.82) is 0 Å². The van der Waals surface area contributed by atoms with Crippen molar-refractivity contribution in [2.75, 3.05) is 12.0 Å². The van der Waals surface area contributed by atoms with E-state index in [0.29, 0.717) is 10.8 Å². The van der Waals surface area contributed by atoms with Crippen molar-refractivity contribution >= 4 is 35.1 Å². The molecule has 7 heteroatoms. The van der Waals surface area contributed by atoms with E-state index >= 15 is 0 Å². The summed E-state index contributed by atoms with van der Waals surface area (Å²) in [6.45, 7) is 0. The zero-order valence-corrected chi connectivity index (χ0v) is 22.3. The lowest BCUT2D eigenvalue weighted by Crippen LogP contribution is -2.41. The van der Waals surface area contributed by atoms with Gasteiger partial charge in [-0.3, -0.25) is 14.4 Å². The lowest BCUT2D eigenvalue weighted by molar-refractivity contribution is -0.134. The molecule has 2 bridgehead atoms. The molecule has 0 N–H and O–H groups in total. The zero-order valence-electron chi connectivity index (χ0n) is 21.5. The fourth-order valence-electron chi connectivity index (χ4n) is 6.74. The van der Waals surface area contributed by atoms with E-state index in [1.54, 1.807) is 37.4 Å². The molecule has 40 heavy (non-hydrogen) atoms. The van der Waals surface area contributed by atoms with E-state index in [1.807, 2.05) is 24.3 Å². The van der Waals surface area contributed by atoms with Crippen molar-refractivity contribution in [3.8, 4) is 11.5 Å². The lowest BCUT2D eigenvalue weighted by atomic mass is 9.55. The van der Waals surface area contributed by atoms with Gasteiger partial charge in [0.05, 0.1) is 31.1 Å². The molecule has 0 spiro atoms. The monoisotopic (exact) mass is 549 g/mol. The molecule has 1 fully saturated rings. The number of imide groups is 1. The highest BCUT2D eigenvalue weighted by molar-refractivity contribution is 6.31. The molecule has 4 aliphatic rings. The SMILES string of the molecule is COc1ccc(CC(=O)Oc2ccc(Cl)cc2N2C(=O)C3C4c5ccccc5C(c5ccccc54)C3C2=O)cc1. The maximum absolute atomic E-state index is 14.2. The Hall–Kier alpha value is -4.42. The van der Waals surface area contributed by atoms with Crippen LogP contribution in [0.3, 0.4) is 0 Å². The Kier molecular flexibility index (Phi) is 5.75. The Morgan fingerprint density at radius 2 is 1.30 bits per heavy atom. The minimum atomic E-state index is -0.552. The number of benzene rings is 4. The van der Waals surface area contributed by atoms with Crippen molar-refractivity contribution in [2.45, 2.75) is 18.3 Å². The highest BCUT2D eigenvalue weighted by Crippen LogP contribution is 2.61. The first-order valence-corrected chi connectivity index (χ1v) is 13.5. The summed E-state index contributed by atoms with van der Waals surface area (Å²) in [5.41, 5.74) is 5.29. The molecule has 3 aliphatic carbocycles. The van der Waals surface area contributed by atoms with Gasteiger partial charge in [-0.05, 0) is 58.1 Å². The van der Waals surface area contributed by atoms with Gasteiger partial charge in [0, 0.05) is 16.9 Å². The number of carbonyl (C=O) groups excluding carboxylic acids is 3. The quantitative estimate of drug-likeness (QED) is 0.176. The molecule has 4 aromatic rings. The largest absolute Gasteiger partial charge is 0.497 e. The Balaban J connectivity index is 1.25. The third-order valence-electron chi connectivity index (χ3n) is 8.34. The van der Waals surface area contributed by atoms with Gasteiger partial charge in [-0.25, -0.2) is 4.90 Å². The molecule has 4 aromatic carbocycles. The normalized spacial score (nSPS) is 22.0. The second kappa shape index (κ2) is 9.35. The fourth-order valence-corrected chi connectivity index (χ4v) is 6.90. The minimum absolute atomic E-state index is 0.00791. The molecule has 0 radical (unpaired) electrons. The number of hydrogen-bond acceptors (Lipinski definition) is 5. The van der Waals surface area contributed by atoms with Gasteiger partial charge in [-0.1, -0.05) is 72.3 Å². The second-order valence-electron chi connectivity index (χ2n) is 10.4. The highest BCUT2D eigenvalue weighted by atomic mass is 35.5. The molecule has 1 aliphatic heterocycles. The van der Waals surface area contributed by atoms with E-state index in [1.165, 1.54) is 17.0 Å². The van der Waals surface area contributed by atoms with Gasteiger partial charge in [0.1, 0.15) is 5.75 Å². The average Bonchev–Trinajstić information content (AvgIpc) is 3.24. The van der Waals surface area contributed by atoms with Gasteiger partial charge in [-0.2, -0.15) is 0 Å². The van der Waals surface area contributed by atoms with Crippen molar-refractivity contribution in [3.05, 3.63) is 124 Å². The zero-order chi connectivity index (χ0) is 27.5. The van der Waals surface area contributed by atoms with Gasteiger partial charge in [0.2, 0.25) is 11.8 Å². The number of rotatable bonds is 5. The van der Waals surface area contributed by atoms with Crippen molar-refractivity contribution in [2.24, 2.45) is 11.8 Å². The fraction of sp³-hybridized carbons (Fsp3) is 0.182. The van der Waals surface area contributed by atoms with Crippen LogP contribution < -0.4 is 14.4 Å². The van der Waals surface area contributed by atoms with E-state index in [0.717, 1.165) is 27.8 Å². The summed E-state index contributed by atoms with van der Waals surface area (Å²) in [4.78, 5) is 42.5. The molecule has 2 unspecified atom stereocenters. The smallest absolute Gasteiger partial charge is 0.315 e. The van der Waals surface area contributed by atoms with Crippen LogP contribution in [0.2, 0.25) is 5.02 Å². The molecule has 2 atom stereocenters. The summed E-state index contributed by atoms with van der Waals surface area (Å²) >= 11 is 6.35. The van der Waals surface area contributed by atoms with E-state index < -0.39 is 17.8 Å². The second-order valence-corrected chi connectivity index (χ2v) is 10.8. The Bertz CT molecular complexity index is 1580. The molecule has 0 saturated carbocycles. The third-order valence-corrected chi connectivity index (χ3v) is 8.58. The molecule has 198 valence electrons. The summed E-state index contributed by atoms with van der Waals surface area (Å²) in [6, 6.07) is 27.9. The number of nitrogens with zero attached hydrogens (tertiary/aromatic N) is 1. The molecule has 1 saturated heterocycles. The molecule has 8 rings (SSSR count). The van der Waals surface area contributed by atoms with Crippen molar-refractivity contribution in [3.63, 3.8) is 0 Å². The molecule has 6 nitrogen and oxygen atoms in total. The maximum atomic E-state index is 14.2. The predicted molar refractivity (Wildman–Crippen MR) is 150 cm³/mol. The number of esters is 1. The number of amides is 2. The van der Waals surface area contributed by atoms with Crippen molar-refractivity contribution in [1.82, 2.24) is 0 Å². The summed E-state index contributed by atoms with van der Waals surface area (Å²) in [5.74, 6) is -1.90. The van der Waals surface area contributed by atoms with Crippen LogP contribution >= 0.6 is 11.6 Å². The molecule has 2 amide bonds. The minimum Gasteiger partial charge on any atom is -0.497 e. The Morgan fingerprint density at radius 3 is 1.80 bits per heavy atom. The standard InChI is InChI=1S/C33H24ClNO5/c1-39-20-13-10-18(11-14-20)16-27(36)40-26-15-12-19(34)17-25(26)35-32(37)30-28-21-6-2-3-7-22(21)29(31(30)33(35)38)24-9-5-4-8-23(24)28/h2-15,17,28-31H,16H2,1H3. The van der Waals surface area contributed by atoms with Crippen LogP contribution in [-0.2, 0) is 20.8 Å². The van der Waals surface area contributed by atoms with Gasteiger partial charge < -0.3 is 9.47 Å². The summed E-state index contributed by atoms with van der Waals surface area (Å²) < 4.78 is 10.9. The summed E-state index contributed by atoms with van der Waals surface area (Å²) in [5, 5.41) is 0.329. The number of anilines is 1. The number of carbonyl (C=O) groups is 3. The molecule has 0 aromatic heterocycles. The van der Waals surface area contributed by atoms with E-state index in [-0.39, 0.29) is 41.5 Å². The average molecular weight is 550 g/mol. The van der Waals surface area contributed by atoms with Gasteiger partial charge in [-0.15, -0.1) is 0 Å². The predicted octanol–water partition coefficient (Wildman–Crippen LogP) is 5.89. The van der Waals surface area contributed by atoms with Crippen LogP contribution in [0, 0.1) is 11.8 Å². The van der Waals surface area contributed by atoms with Gasteiger partial charge >= 0.3 is 5.97 Å². The first-order valence-electron chi connectivity index (χ1n) is 13.1. The van der Waals surface area contributed by atoms with Crippen LogP contribution in [0.5, 0.6) is 11.5 Å². The molecular formula is C33H24ClNO5. The highest BCUT2D eigenvalue weighted by Gasteiger charge is 2.62. The van der Waals surface area contributed by atoms with Crippen molar-refractivity contribution < 1.29 is 23.9 Å². The van der Waals surface area contributed by atoms with Gasteiger partial charge in [0.25, 0.3) is 0 Å². The van der Waals surface area contributed by atoms with Crippen LogP contribution in [0.15, 0.2) is 91.0 Å². The van der Waals surface area contributed by atoms with E-state index in [2.05, 4.69) is 24.3 Å². The number of ether oxygens (including phenoxy) is 2. The molecular weight excluding hydrogens is 526 g/mol. The van der Waals surface area contributed by atoms with Gasteiger partial charge in [0.15, 0.2) is 5.75 Å². The summed E-state index contributed by atoms with van der Waals surface area (Å²) in [7, 11) is 1.57. The Morgan fingerprint density at radius 1 is 0.775 bits per heavy atom. The number of halogens is 1. The first kappa shape index (κ1) is 24.6. The maximum Gasteiger partial charge on any atom is 0.315 e. The van der Waals surface area contributed by atoms with Crippen LogP contribution in [0.1, 0.15) is 39.7 Å². The van der Waals surface area contributed by atoms with Crippen LogP contribution in [-0.4, -0.2) is 24.9 Å². The lowest BCUT2D eigenvalue weighted by Gasteiger charge is -2.45. The number of methoxy groups -OCH3 is 1. The Labute approximate surface area is 236 Å². The van der Waals surface area contributed by atoms with Crippen LogP contribution in [0.25, 0.3) is 0 Å². The summed E-state index contributed by atoms with van der Waals surface area (Å²) in [6.07, 6.45) is 0.00791. The van der Waals surface area contributed by atoms with Crippen LogP contribution in [0.4, 0.5) is 5.69 Å². The van der Waals surface area contributed by atoms with E-state index in [9.17, 15) is 14.4 Å². The molecule has 1 heterocycles.